The summed E-state index contributed by atoms with van der Waals surface area (Å²) in [6, 6.07) is 10.5. The number of nitrogens with zero attached hydrogens (tertiary/aromatic N) is 1. The Bertz CT molecular complexity index is 694. The summed E-state index contributed by atoms with van der Waals surface area (Å²) in [6.45, 7) is 3.76. The van der Waals surface area contributed by atoms with E-state index in [-0.39, 0.29) is 0 Å². The SMILES string of the molecule is Cc1cc(C#N)cc(C)c1Oc1ccc(C=O)c(Cl)c1. The quantitative estimate of drug-likeness (QED) is 0.784. The van der Waals surface area contributed by atoms with Crippen molar-refractivity contribution in [1.29, 1.82) is 5.26 Å². The molecule has 0 radical (unpaired) electrons. The molecular weight excluding hydrogens is 274 g/mol. The Balaban J connectivity index is 2.38. The van der Waals surface area contributed by atoms with E-state index in [0.29, 0.717) is 33.9 Å². The Hall–Kier alpha value is -2.31. The number of carbonyl (C=O) groups is 1. The van der Waals surface area contributed by atoms with Crippen LogP contribution in [0.5, 0.6) is 11.5 Å². The van der Waals surface area contributed by atoms with Gasteiger partial charge in [-0.2, -0.15) is 5.26 Å². The summed E-state index contributed by atoms with van der Waals surface area (Å²) in [4.78, 5) is 10.7. The lowest BCUT2D eigenvalue weighted by Gasteiger charge is -2.12. The molecule has 0 saturated carbocycles. The topological polar surface area (TPSA) is 50.1 Å². The number of aldehydes is 1. The van der Waals surface area contributed by atoms with Gasteiger partial charge >= 0.3 is 0 Å². The van der Waals surface area contributed by atoms with Crippen LogP contribution in [0.2, 0.25) is 5.02 Å². The van der Waals surface area contributed by atoms with Gasteiger partial charge in [0.2, 0.25) is 0 Å². The number of nitriles is 1. The van der Waals surface area contributed by atoms with Gasteiger partial charge in [0.25, 0.3) is 0 Å². The van der Waals surface area contributed by atoms with Crippen LogP contribution in [0.4, 0.5) is 0 Å². The molecule has 3 nitrogen and oxygen atoms in total. The monoisotopic (exact) mass is 285 g/mol. The van der Waals surface area contributed by atoms with E-state index in [1.165, 1.54) is 0 Å². The van der Waals surface area contributed by atoms with Gasteiger partial charge in [0.1, 0.15) is 11.5 Å². The van der Waals surface area contributed by atoms with E-state index in [2.05, 4.69) is 6.07 Å². The first-order valence-corrected chi connectivity index (χ1v) is 6.37. The molecule has 0 bridgehead atoms. The maximum absolute atomic E-state index is 10.7. The van der Waals surface area contributed by atoms with E-state index >= 15 is 0 Å². The molecule has 0 unspecified atom stereocenters. The molecule has 0 N–H and O–H groups in total. The van der Waals surface area contributed by atoms with Gasteiger partial charge in [-0.3, -0.25) is 4.79 Å². The van der Waals surface area contributed by atoms with E-state index in [4.69, 9.17) is 21.6 Å². The number of hydrogen-bond acceptors (Lipinski definition) is 3. The first-order chi connectivity index (χ1) is 9.55. The number of hydrogen-bond donors (Lipinski definition) is 0. The average Bonchev–Trinajstić information content (AvgIpc) is 2.42. The second-order valence-corrected chi connectivity index (χ2v) is 4.86. The Morgan fingerprint density at radius 3 is 2.35 bits per heavy atom. The molecule has 0 aliphatic heterocycles. The molecular formula is C16H12ClNO2. The molecule has 2 rings (SSSR count). The van der Waals surface area contributed by atoms with Crippen LogP contribution < -0.4 is 4.74 Å². The first kappa shape index (κ1) is 14.1. The minimum Gasteiger partial charge on any atom is -0.457 e. The summed E-state index contributed by atoms with van der Waals surface area (Å²) in [5.74, 6) is 1.25. The molecule has 0 saturated heterocycles. The maximum atomic E-state index is 10.7. The molecule has 4 heteroatoms. The lowest BCUT2D eigenvalue weighted by atomic mass is 10.1. The van der Waals surface area contributed by atoms with Gasteiger partial charge in [-0.1, -0.05) is 11.6 Å². The Morgan fingerprint density at radius 1 is 1.20 bits per heavy atom. The van der Waals surface area contributed by atoms with Crippen molar-refractivity contribution < 1.29 is 9.53 Å². The lowest BCUT2D eigenvalue weighted by Crippen LogP contribution is -1.93. The molecule has 0 atom stereocenters. The van der Waals surface area contributed by atoms with Crippen molar-refractivity contribution in [3.8, 4) is 17.6 Å². The lowest BCUT2D eigenvalue weighted by molar-refractivity contribution is 0.112. The minimum atomic E-state index is 0.349. The van der Waals surface area contributed by atoms with Crippen molar-refractivity contribution in [1.82, 2.24) is 0 Å². The summed E-state index contributed by atoms with van der Waals surface area (Å²) >= 11 is 5.97. The van der Waals surface area contributed by atoms with Crippen molar-refractivity contribution >= 4 is 17.9 Å². The van der Waals surface area contributed by atoms with Crippen molar-refractivity contribution in [3.05, 3.63) is 57.6 Å². The van der Waals surface area contributed by atoms with Gasteiger partial charge in [-0.15, -0.1) is 0 Å². The Labute approximate surface area is 122 Å². The highest BCUT2D eigenvalue weighted by Crippen LogP contribution is 2.31. The van der Waals surface area contributed by atoms with Gasteiger partial charge in [0, 0.05) is 11.6 Å². The van der Waals surface area contributed by atoms with Crippen LogP contribution >= 0.6 is 11.6 Å². The minimum absolute atomic E-state index is 0.349. The third-order valence-electron chi connectivity index (χ3n) is 2.91. The molecule has 0 aliphatic rings. The molecule has 0 aromatic heterocycles. The third-order valence-corrected chi connectivity index (χ3v) is 3.24. The fourth-order valence-corrected chi connectivity index (χ4v) is 2.18. The summed E-state index contributed by atoms with van der Waals surface area (Å²) < 4.78 is 5.81. The van der Waals surface area contributed by atoms with Crippen LogP contribution in [0.1, 0.15) is 27.0 Å². The zero-order valence-electron chi connectivity index (χ0n) is 11.1. The highest BCUT2D eigenvalue weighted by Gasteiger charge is 2.09. The summed E-state index contributed by atoms with van der Waals surface area (Å²) in [5.41, 5.74) is 2.77. The summed E-state index contributed by atoms with van der Waals surface area (Å²) in [6.07, 6.45) is 0.699. The second-order valence-electron chi connectivity index (χ2n) is 4.45. The zero-order chi connectivity index (χ0) is 14.7. The number of rotatable bonds is 3. The van der Waals surface area contributed by atoms with E-state index in [1.807, 2.05) is 13.8 Å². The van der Waals surface area contributed by atoms with E-state index in [9.17, 15) is 4.79 Å². The fraction of sp³-hybridized carbons (Fsp3) is 0.125. The highest BCUT2D eigenvalue weighted by atomic mass is 35.5. The highest BCUT2D eigenvalue weighted by molar-refractivity contribution is 6.33. The standard InChI is InChI=1S/C16H12ClNO2/c1-10-5-12(8-18)6-11(2)16(10)20-14-4-3-13(9-19)15(17)7-14/h3-7,9H,1-2H3. The smallest absolute Gasteiger partial charge is 0.151 e. The molecule has 0 amide bonds. The number of halogens is 1. The summed E-state index contributed by atoms with van der Waals surface area (Å²) in [7, 11) is 0. The van der Waals surface area contributed by atoms with Gasteiger partial charge in [0.15, 0.2) is 6.29 Å². The van der Waals surface area contributed by atoms with Crippen LogP contribution in [0.15, 0.2) is 30.3 Å². The Kier molecular flexibility index (Phi) is 4.07. The van der Waals surface area contributed by atoms with Crippen LogP contribution in [0.3, 0.4) is 0 Å². The number of aryl methyl sites for hydroxylation is 2. The number of carbonyl (C=O) groups excluding carboxylic acids is 1. The predicted molar refractivity (Wildman–Crippen MR) is 77.5 cm³/mol. The van der Waals surface area contributed by atoms with Crippen LogP contribution in [-0.4, -0.2) is 6.29 Å². The maximum Gasteiger partial charge on any atom is 0.151 e. The van der Waals surface area contributed by atoms with Gasteiger partial charge in [0.05, 0.1) is 16.7 Å². The molecule has 0 heterocycles. The van der Waals surface area contributed by atoms with Gasteiger partial charge in [-0.25, -0.2) is 0 Å². The zero-order valence-corrected chi connectivity index (χ0v) is 11.9. The van der Waals surface area contributed by atoms with Crippen molar-refractivity contribution in [2.45, 2.75) is 13.8 Å². The molecule has 20 heavy (non-hydrogen) atoms. The van der Waals surface area contributed by atoms with E-state index in [0.717, 1.165) is 11.1 Å². The Morgan fingerprint density at radius 2 is 1.85 bits per heavy atom. The molecule has 0 spiro atoms. The second kappa shape index (κ2) is 5.77. The first-order valence-electron chi connectivity index (χ1n) is 5.99. The normalized spacial score (nSPS) is 9.90. The van der Waals surface area contributed by atoms with Crippen LogP contribution in [-0.2, 0) is 0 Å². The summed E-state index contributed by atoms with van der Waals surface area (Å²) in [5, 5.41) is 9.27. The van der Waals surface area contributed by atoms with Gasteiger partial charge < -0.3 is 4.74 Å². The number of ether oxygens (including phenoxy) is 1. The predicted octanol–water partition coefficient (Wildman–Crippen LogP) is 4.43. The molecule has 2 aromatic rings. The van der Waals surface area contributed by atoms with E-state index < -0.39 is 0 Å². The third kappa shape index (κ3) is 2.81. The fourth-order valence-electron chi connectivity index (χ4n) is 1.96. The molecule has 0 fully saturated rings. The van der Waals surface area contributed by atoms with Crippen LogP contribution in [0, 0.1) is 25.2 Å². The van der Waals surface area contributed by atoms with Crippen molar-refractivity contribution in [2.75, 3.05) is 0 Å². The average molecular weight is 286 g/mol. The van der Waals surface area contributed by atoms with Gasteiger partial charge in [-0.05, 0) is 49.2 Å². The van der Waals surface area contributed by atoms with Crippen molar-refractivity contribution in [2.24, 2.45) is 0 Å². The van der Waals surface area contributed by atoms with Crippen LogP contribution in [0.25, 0.3) is 0 Å². The molecule has 0 aliphatic carbocycles. The largest absolute Gasteiger partial charge is 0.457 e. The van der Waals surface area contributed by atoms with E-state index in [1.54, 1.807) is 30.3 Å². The molecule has 100 valence electrons. The van der Waals surface area contributed by atoms with Crippen molar-refractivity contribution in [3.63, 3.8) is 0 Å². The molecule has 2 aromatic carbocycles. The number of benzene rings is 2.